The van der Waals surface area contributed by atoms with E-state index in [9.17, 15) is 9.59 Å². The van der Waals surface area contributed by atoms with Gasteiger partial charge in [-0.2, -0.15) is 0 Å². The van der Waals surface area contributed by atoms with E-state index < -0.39 is 18.3 Å². The standard InChI is InChI=1S/C22H27N3O3S/c1-5-25(20-15(2)7-6-10-23-20)11-12-28-18-9-8-17(16(3)13-18)14-19-21(26)24(4)22(27)29-19/h6-10,13,19H,5,11-12,14H2,1-4H3/i11D2,12D2. The molecule has 2 amide bonds. The van der Waals surface area contributed by atoms with E-state index in [1.165, 1.54) is 18.1 Å². The maximum Gasteiger partial charge on any atom is 0.288 e. The molecule has 1 fully saturated rings. The summed E-state index contributed by atoms with van der Waals surface area (Å²) in [5, 5.41) is -0.769. The number of imide groups is 1. The minimum absolute atomic E-state index is 0.164. The number of hydrogen-bond donors (Lipinski definition) is 0. The summed E-state index contributed by atoms with van der Waals surface area (Å²) in [6.07, 6.45) is 1.90. The summed E-state index contributed by atoms with van der Waals surface area (Å²) >= 11 is 0.993. The fourth-order valence-corrected chi connectivity index (χ4v) is 4.04. The predicted octanol–water partition coefficient (Wildman–Crippen LogP) is 3.84. The summed E-state index contributed by atoms with van der Waals surface area (Å²) in [6.45, 7) is 0.284. The molecule has 1 aromatic heterocycles. The van der Waals surface area contributed by atoms with Gasteiger partial charge in [0.1, 0.15) is 18.1 Å². The van der Waals surface area contributed by atoms with Crippen LogP contribution < -0.4 is 9.64 Å². The summed E-state index contributed by atoms with van der Waals surface area (Å²) in [4.78, 5) is 30.5. The van der Waals surface area contributed by atoms with Crippen molar-refractivity contribution in [2.75, 3.05) is 31.5 Å². The van der Waals surface area contributed by atoms with Gasteiger partial charge in [0.2, 0.25) is 5.91 Å². The maximum absolute atomic E-state index is 12.2. The van der Waals surface area contributed by atoms with Crippen LogP contribution in [0.4, 0.5) is 10.6 Å². The van der Waals surface area contributed by atoms with Crippen LogP contribution >= 0.6 is 11.8 Å². The Morgan fingerprint density at radius 3 is 2.69 bits per heavy atom. The lowest BCUT2D eigenvalue weighted by Crippen LogP contribution is -2.29. The average molecular weight is 418 g/mol. The summed E-state index contributed by atoms with van der Waals surface area (Å²) < 4.78 is 39.4. The first-order valence-electron chi connectivity index (χ1n) is 11.3. The number of anilines is 1. The number of rotatable bonds is 8. The highest BCUT2D eigenvalue weighted by Gasteiger charge is 2.37. The topological polar surface area (TPSA) is 62.7 Å². The van der Waals surface area contributed by atoms with Gasteiger partial charge >= 0.3 is 0 Å². The molecular formula is C22H27N3O3S. The quantitative estimate of drug-likeness (QED) is 0.650. The van der Waals surface area contributed by atoms with Crippen LogP contribution in [0.5, 0.6) is 5.75 Å². The largest absolute Gasteiger partial charge is 0.492 e. The van der Waals surface area contributed by atoms with Crippen molar-refractivity contribution in [2.24, 2.45) is 0 Å². The minimum Gasteiger partial charge on any atom is -0.492 e. The van der Waals surface area contributed by atoms with E-state index >= 15 is 0 Å². The fourth-order valence-electron chi connectivity index (χ4n) is 3.03. The lowest BCUT2D eigenvalue weighted by molar-refractivity contribution is -0.125. The number of carbonyl (C=O) groups is 2. The molecule has 0 spiro atoms. The van der Waals surface area contributed by atoms with Crippen molar-refractivity contribution in [1.82, 2.24) is 9.88 Å². The maximum atomic E-state index is 12.2. The zero-order valence-corrected chi connectivity index (χ0v) is 17.7. The Balaban J connectivity index is 1.80. The van der Waals surface area contributed by atoms with Gasteiger partial charge in [-0.1, -0.05) is 23.9 Å². The molecule has 7 heteroatoms. The first-order chi connectivity index (χ1) is 15.4. The Morgan fingerprint density at radius 2 is 2.07 bits per heavy atom. The number of nitrogens with zero attached hydrogens (tertiary/aromatic N) is 3. The molecule has 1 atom stereocenters. The van der Waals surface area contributed by atoms with Gasteiger partial charge < -0.3 is 9.64 Å². The van der Waals surface area contributed by atoms with E-state index in [1.54, 1.807) is 51.1 Å². The number of benzene rings is 1. The van der Waals surface area contributed by atoms with Crippen LogP contribution in [0.1, 0.15) is 29.1 Å². The van der Waals surface area contributed by atoms with Crippen LogP contribution in [0.2, 0.25) is 0 Å². The normalized spacial score (nSPS) is 19.4. The van der Waals surface area contributed by atoms with Crippen LogP contribution in [0.25, 0.3) is 0 Å². The first-order valence-corrected chi connectivity index (χ1v) is 10.2. The molecular weight excluding hydrogens is 386 g/mol. The SMILES string of the molecule is [2H]C([2H])(Oc1ccc(CC2SC(=O)N(C)C2=O)c(C)c1)C([2H])([2H])N(CC)c1ncccc1C. The molecule has 6 nitrogen and oxygen atoms in total. The minimum atomic E-state index is -2.70. The van der Waals surface area contributed by atoms with Crippen LogP contribution in [0.3, 0.4) is 0 Å². The van der Waals surface area contributed by atoms with Gasteiger partial charge in [-0.15, -0.1) is 0 Å². The monoisotopic (exact) mass is 417 g/mol. The first kappa shape index (κ1) is 16.3. The number of amides is 2. The second kappa shape index (κ2) is 9.31. The number of carbonyl (C=O) groups excluding carboxylic acids is 2. The molecule has 29 heavy (non-hydrogen) atoms. The van der Waals surface area contributed by atoms with Gasteiger partial charge in [-0.05, 0) is 62.1 Å². The number of ether oxygens (including phenoxy) is 1. The molecule has 1 unspecified atom stereocenters. The molecule has 0 radical (unpaired) electrons. The van der Waals surface area contributed by atoms with Crippen molar-refractivity contribution >= 4 is 28.7 Å². The van der Waals surface area contributed by atoms with E-state index in [0.717, 1.165) is 33.4 Å². The molecule has 2 aromatic rings. The summed E-state index contributed by atoms with van der Waals surface area (Å²) in [7, 11) is 1.46. The molecule has 154 valence electrons. The predicted molar refractivity (Wildman–Crippen MR) is 117 cm³/mol. The lowest BCUT2D eigenvalue weighted by Gasteiger charge is -2.23. The molecule has 1 aromatic carbocycles. The third-order valence-electron chi connectivity index (χ3n) is 4.75. The smallest absolute Gasteiger partial charge is 0.288 e. The number of hydrogen-bond acceptors (Lipinski definition) is 6. The summed E-state index contributed by atoms with van der Waals surface area (Å²) in [5.41, 5.74) is 2.31. The van der Waals surface area contributed by atoms with Crippen molar-refractivity contribution in [2.45, 2.75) is 32.4 Å². The second-order valence-electron chi connectivity index (χ2n) is 6.77. The Bertz CT molecular complexity index is 1070. The van der Waals surface area contributed by atoms with Gasteiger partial charge in [0, 0.05) is 19.8 Å². The molecule has 0 N–H and O–H groups in total. The van der Waals surface area contributed by atoms with Crippen molar-refractivity contribution in [3.05, 3.63) is 53.2 Å². The third kappa shape index (κ3) is 4.90. The molecule has 1 saturated heterocycles. The average Bonchev–Trinajstić information content (AvgIpc) is 2.98. The molecule has 1 aliphatic rings. The van der Waals surface area contributed by atoms with Gasteiger partial charge in [-0.3, -0.25) is 14.5 Å². The fraction of sp³-hybridized carbons (Fsp3) is 0.409. The molecule has 0 bridgehead atoms. The zero-order valence-electron chi connectivity index (χ0n) is 20.9. The third-order valence-corrected chi connectivity index (χ3v) is 5.87. The number of aryl methyl sites for hydroxylation is 2. The van der Waals surface area contributed by atoms with E-state index in [2.05, 4.69) is 4.98 Å². The van der Waals surface area contributed by atoms with E-state index in [-0.39, 0.29) is 23.4 Å². The van der Waals surface area contributed by atoms with Crippen molar-refractivity contribution < 1.29 is 19.8 Å². The molecule has 3 rings (SSSR count). The van der Waals surface area contributed by atoms with Gasteiger partial charge in [0.05, 0.1) is 17.2 Å². The van der Waals surface area contributed by atoms with Crippen LogP contribution in [-0.4, -0.2) is 52.9 Å². The Hall–Kier alpha value is -2.54. The number of pyridine rings is 1. The highest BCUT2D eigenvalue weighted by atomic mass is 32.2. The number of aromatic nitrogens is 1. The van der Waals surface area contributed by atoms with E-state index in [0.29, 0.717) is 12.2 Å². The van der Waals surface area contributed by atoms with E-state index in [4.69, 9.17) is 10.2 Å². The molecule has 0 saturated carbocycles. The van der Waals surface area contributed by atoms with Crippen molar-refractivity contribution in [3.8, 4) is 5.75 Å². The molecule has 2 heterocycles. The van der Waals surface area contributed by atoms with Crippen LogP contribution in [-0.2, 0) is 11.2 Å². The second-order valence-corrected chi connectivity index (χ2v) is 7.92. The summed E-state index contributed by atoms with van der Waals surface area (Å²) in [6, 6.07) is 8.41. The highest BCUT2D eigenvalue weighted by Crippen LogP contribution is 2.30. The lowest BCUT2D eigenvalue weighted by atomic mass is 10.0. The summed E-state index contributed by atoms with van der Waals surface area (Å²) in [5.74, 6) is 0.276. The zero-order chi connectivity index (χ0) is 24.6. The molecule has 1 aliphatic heterocycles. The Kier molecular flexibility index (Phi) is 5.22. The Morgan fingerprint density at radius 1 is 1.28 bits per heavy atom. The van der Waals surface area contributed by atoms with Crippen molar-refractivity contribution in [3.63, 3.8) is 0 Å². The molecule has 0 aliphatic carbocycles. The highest BCUT2D eigenvalue weighted by molar-refractivity contribution is 8.15. The van der Waals surface area contributed by atoms with Gasteiger partial charge in [-0.25, -0.2) is 4.98 Å². The number of thioether (sulfide) groups is 1. The van der Waals surface area contributed by atoms with Crippen LogP contribution in [0.15, 0.2) is 36.5 Å². The van der Waals surface area contributed by atoms with Crippen LogP contribution in [0, 0.1) is 13.8 Å². The van der Waals surface area contributed by atoms with E-state index in [1.807, 2.05) is 0 Å². The Labute approximate surface area is 181 Å². The number of likely N-dealkylation sites (N-methyl/N-ethyl adjacent to an activating group) is 1. The van der Waals surface area contributed by atoms with Gasteiger partial charge in [0.25, 0.3) is 5.24 Å². The van der Waals surface area contributed by atoms with Gasteiger partial charge in [0.15, 0.2) is 0 Å². The van der Waals surface area contributed by atoms with Crippen molar-refractivity contribution in [1.29, 1.82) is 0 Å².